The van der Waals surface area contributed by atoms with Crippen molar-refractivity contribution in [2.24, 2.45) is 0 Å². The van der Waals surface area contributed by atoms with Crippen LogP contribution in [0, 0.1) is 0 Å². The normalized spacial score (nSPS) is 14.2. The highest BCUT2D eigenvalue weighted by Crippen LogP contribution is 2.11. The first-order valence-corrected chi connectivity index (χ1v) is 14.1. The van der Waals surface area contributed by atoms with E-state index in [0.29, 0.717) is 6.42 Å². The molecule has 0 saturated carbocycles. The van der Waals surface area contributed by atoms with Crippen molar-refractivity contribution in [3.63, 3.8) is 0 Å². The van der Waals surface area contributed by atoms with Gasteiger partial charge in [0.15, 0.2) is 0 Å². The van der Waals surface area contributed by atoms with Crippen molar-refractivity contribution in [1.82, 2.24) is 5.32 Å². The highest BCUT2D eigenvalue weighted by molar-refractivity contribution is 7.85. The van der Waals surface area contributed by atoms with Gasteiger partial charge < -0.3 is 10.4 Å². The van der Waals surface area contributed by atoms with Gasteiger partial charge in [-0.1, -0.05) is 102 Å². The molecule has 0 aromatic carbocycles. The molecule has 3 N–H and O–H groups in total. The molecule has 188 valence electrons. The second-order valence-corrected chi connectivity index (χ2v) is 10.1. The lowest BCUT2D eigenvalue weighted by atomic mass is 10.1. The minimum Gasteiger partial charge on any atom is -0.387 e. The summed E-state index contributed by atoms with van der Waals surface area (Å²) in [7, 11) is -4.32. The molecule has 7 heteroatoms. The van der Waals surface area contributed by atoms with E-state index in [4.69, 9.17) is 0 Å². The third-order valence-corrected chi connectivity index (χ3v) is 6.16. The average molecular weight is 474 g/mol. The minimum absolute atomic E-state index is 0.288. The Morgan fingerprint density at radius 2 is 1.34 bits per heavy atom. The van der Waals surface area contributed by atoms with Gasteiger partial charge in [-0.2, -0.15) is 8.42 Å². The zero-order chi connectivity index (χ0) is 24.1. The molecule has 6 nitrogen and oxygen atoms in total. The number of nitrogens with one attached hydrogen (secondary N) is 1. The molecule has 0 aliphatic carbocycles. The van der Waals surface area contributed by atoms with Crippen molar-refractivity contribution in [3.05, 3.63) is 24.3 Å². The molecule has 0 aromatic rings. The summed E-state index contributed by atoms with van der Waals surface area (Å²) in [5.74, 6) is -1.01. The first-order valence-electron chi connectivity index (χ1n) is 12.5. The number of allylic oxidation sites excluding steroid dienone is 3. The fraction of sp³-hybridized carbons (Fsp3) is 0.800. The molecule has 0 aliphatic heterocycles. The first kappa shape index (κ1) is 30.8. The van der Waals surface area contributed by atoms with Crippen LogP contribution < -0.4 is 5.32 Å². The molecule has 0 heterocycles. The molecule has 1 amide bonds. The van der Waals surface area contributed by atoms with Gasteiger partial charge in [0.05, 0.1) is 17.9 Å². The van der Waals surface area contributed by atoms with Crippen LogP contribution in [0.4, 0.5) is 0 Å². The Kier molecular flexibility index (Phi) is 19.7. The summed E-state index contributed by atoms with van der Waals surface area (Å²) in [5.41, 5.74) is 0. The number of amides is 1. The van der Waals surface area contributed by atoms with Crippen LogP contribution in [0.2, 0.25) is 0 Å². The predicted molar refractivity (Wildman–Crippen MR) is 133 cm³/mol. The van der Waals surface area contributed by atoms with Crippen LogP contribution >= 0.6 is 0 Å². The van der Waals surface area contributed by atoms with Crippen LogP contribution in [0.25, 0.3) is 0 Å². The van der Waals surface area contributed by atoms with Crippen LogP contribution in [0.1, 0.15) is 110 Å². The second-order valence-electron chi connectivity index (χ2n) is 8.61. The van der Waals surface area contributed by atoms with Crippen molar-refractivity contribution < 1.29 is 22.9 Å². The van der Waals surface area contributed by atoms with Crippen molar-refractivity contribution in [1.29, 1.82) is 0 Å². The maximum atomic E-state index is 12.2. The highest BCUT2D eigenvalue weighted by atomic mass is 32.2. The van der Waals surface area contributed by atoms with Gasteiger partial charge >= 0.3 is 0 Å². The van der Waals surface area contributed by atoms with E-state index in [1.807, 2.05) is 0 Å². The molecule has 0 rings (SSSR count). The fourth-order valence-corrected chi connectivity index (χ4v) is 4.18. The smallest absolute Gasteiger partial charge is 0.267 e. The number of aliphatic hydroxyl groups excluding tert-OH is 1. The lowest BCUT2D eigenvalue weighted by Crippen LogP contribution is -2.46. The molecule has 0 aromatic heterocycles. The first-order chi connectivity index (χ1) is 15.3. The van der Waals surface area contributed by atoms with Gasteiger partial charge in [-0.25, -0.2) is 0 Å². The molecular weight excluding hydrogens is 426 g/mol. The Labute approximate surface area is 196 Å². The molecule has 0 bridgehead atoms. The molecule has 2 atom stereocenters. The summed E-state index contributed by atoms with van der Waals surface area (Å²) in [6.45, 7) is 4.35. The molecule has 32 heavy (non-hydrogen) atoms. The number of rotatable bonds is 21. The molecule has 0 aliphatic rings. The van der Waals surface area contributed by atoms with Crippen LogP contribution in [-0.2, 0) is 14.9 Å². The van der Waals surface area contributed by atoms with E-state index in [1.54, 1.807) is 6.08 Å². The van der Waals surface area contributed by atoms with Crippen molar-refractivity contribution in [2.75, 3.05) is 5.75 Å². The van der Waals surface area contributed by atoms with Gasteiger partial charge in [-0.15, -0.1) is 0 Å². The number of hydrogen-bond acceptors (Lipinski definition) is 4. The van der Waals surface area contributed by atoms with Crippen LogP contribution in [0.5, 0.6) is 0 Å². The van der Waals surface area contributed by atoms with E-state index in [2.05, 4.69) is 31.3 Å². The summed E-state index contributed by atoms with van der Waals surface area (Å²) in [6, 6.07) is -1.06. The van der Waals surface area contributed by atoms with Gasteiger partial charge in [0, 0.05) is 6.42 Å². The largest absolute Gasteiger partial charge is 0.387 e. The summed E-state index contributed by atoms with van der Waals surface area (Å²) >= 11 is 0. The van der Waals surface area contributed by atoms with Crippen molar-refractivity contribution in [3.8, 4) is 0 Å². The third-order valence-electron chi connectivity index (χ3n) is 5.38. The lowest BCUT2D eigenvalue weighted by molar-refractivity contribution is -0.122. The Balaban J connectivity index is 4.29. The van der Waals surface area contributed by atoms with E-state index >= 15 is 0 Å². The maximum absolute atomic E-state index is 12.2. The van der Waals surface area contributed by atoms with Crippen LogP contribution in [0.3, 0.4) is 0 Å². The second kappa shape index (κ2) is 20.4. The number of carbonyl (C=O) groups is 1. The molecular formula is C25H47NO5S. The summed E-state index contributed by atoms with van der Waals surface area (Å²) in [4.78, 5) is 12.2. The number of unbranched alkanes of at least 4 members (excludes halogenated alkanes) is 11. The molecule has 0 spiro atoms. The Morgan fingerprint density at radius 1 is 0.812 bits per heavy atom. The number of carbonyl (C=O) groups excluding carboxylic acids is 1. The van der Waals surface area contributed by atoms with Gasteiger partial charge in [-0.05, 0) is 25.7 Å². The zero-order valence-corrected chi connectivity index (χ0v) is 21.1. The van der Waals surface area contributed by atoms with Crippen molar-refractivity contribution in [2.45, 2.75) is 122 Å². The van der Waals surface area contributed by atoms with Gasteiger partial charge in [0.1, 0.15) is 0 Å². The maximum Gasteiger partial charge on any atom is 0.267 e. The fourth-order valence-electron chi connectivity index (χ4n) is 3.45. The minimum atomic E-state index is -4.32. The third kappa shape index (κ3) is 20.7. The van der Waals surface area contributed by atoms with E-state index in [9.17, 15) is 22.9 Å². The van der Waals surface area contributed by atoms with Crippen LogP contribution in [-0.4, -0.2) is 41.9 Å². The lowest BCUT2D eigenvalue weighted by Gasteiger charge is -2.21. The molecule has 2 unspecified atom stereocenters. The monoisotopic (exact) mass is 473 g/mol. The Morgan fingerprint density at radius 3 is 1.94 bits per heavy atom. The van der Waals surface area contributed by atoms with E-state index in [0.717, 1.165) is 38.5 Å². The summed E-state index contributed by atoms with van der Waals surface area (Å²) in [6.07, 6.45) is 21.8. The molecule has 0 saturated heterocycles. The van der Waals surface area contributed by atoms with Crippen LogP contribution in [0.15, 0.2) is 24.3 Å². The highest BCUT2D eigenvalue weighted by Gasteiger charge is 2.24. The summed E-state index contributed by atoms with van der Waals surface area (Å²) in [5, 5.41) is 12.9. The standard InChI is InChI=1S/C25H47NO5S/c1-3-5-7-9-11-13-15-17-19-21-25(28)26-23(22-32(29,30)31)24(27)20-18-16-14-12-10-8-6-4-2/h10,12,18,20,23-24,27H,3-9,11,13-17,19,21-22H2,1-2H3,(H,26,28)(H,29,30,31)/b12-10+,20-18+. The van der Waals surface area contributed by atoms with Gasteiger partial charge in [0.25, 0.3) is 10.1 Å². The predicted octanol–water partition coefficient (Wildman–Crippen LogP) is 5.72. The van der Waals surface area contributed by atoms with E-state index in [-0.39, 0.29) is 12.3 Å². The Bertz CT molecular complexity index is 616. The van der Waals surface area contributed by atoms with Gasteiger partial charge in [-0.3, -0.25) is 9.35 Å². The quantitative estimate of drug-likeness (QED) is 0.112. The van der Waals surface area contributed by atoms with E-state index < -0.39 is 28.0 Å². The topological polar surface area (TPSA) is 104 Å². The average Bonchev–Trinajstić information content (AvgIpc) is 2.73. The zero-order valence-electron chi connectivity index (χ0n) is 20.3. The molecule has 0 fully saturated rings. The Hall–Kier alpha value is -1.18. The molecule has 0 radical (unpaired) electrons. The number of aliphatic hydroxyl groups is 1. The van der Waals surface area contributed by atoms with Crippen molar-refractivity contribution >= 4 is 16.0 Å². The van der Waals surface area contributed by atoms with Gasteiger partial charge in [0.2, 0.25) is 5.91 Å². The SMILES string of the molecule is CCCC/C=C/CC/C=C/C(O)C(CS(=O)(=O)O)NC(=O)CCCCCCCCCCC. The van der Waals surface area contributed by atoms with E-state index in [1.165, 1.54) is 51.0 Å². The number of hydrogen-bond donors (Lipinski definition) is 3. The summed E-state index contributed by atoms with van der Waals surface area (Å²) < 4.78 is 31.8.